The number of carbonyl (C=O) groups is 1. The van der Waals surface area contributed by atoms with E-state index < -0.39 is 0 Å². The molecule has 4 rings (SSSR count). The minimum atomic E-state index is 0.0919. The number of aromatic nitrogens is 2. The number of amides is 1. The second-order valence-electron chi connectivity index (χ2n) is 6.80. The Morgan fingerprint density at radius 2 is 2.29 bits per heavy atom. The maximum Gasteiger partial charge on any atom is 0.226 e. The van der Waals surface area contributed by atoms with Gasteiger partial charge in [-0.05, 0) is 42.9 Å². The van der Waals surface area contributed by atoms with E-state index in [4.69, 9.17) is 16.1 Å². The zero-order valence-electron chi connectivity index (χ0n) is 13.6. The van der Waals surface area contributed by atoms with Crippen molar-refractivity contribution in [2.24, 2.45) is 5.92 Å². The number of piperidine rings is 1. The van der Waals surface area contributed by atoms with Crippen LogP contribution in [0, 0.1) is 12.8 Å². The molecule has 0 unspecified atom stereocenters. The predicted octanol–water partition coefficient (Wildman–Crippen LogP) is 3.54. The number of aryl methyl sites for hydroxylation is 1. The summed E-state index contributed by atoms with van der Waals surface area (Å²) in [7, 11) is 0. The van der Waals surface area contributed by atoms with E-state index in [1.165, 1.54) is 5.56 Å². The van der Waals surface area contributed by atoms with Crippen LogP contribution in [0.1, 0.15) is 48.4 Å². The standard InChI is InChI=1S/C18H20ClN3O2/c1-11-20-17(21-24-11)13-5-3-7-22(10-13)18(23)16-9-15(16)12-4-2-6-14(19)8-12/h2,4,6,8,13,15-16H,3,5,7,9-10H2,1H3/t13-,15+,16-/m1/s1. The molecule has 1 amide bonds. The number of rotatable bonds is 3. The minimum absolute atomic E-state index is 0.0919. The van der Waals surface area contributed by atoms with Gasteiger partial charge in [0.15, 0.2) is 5.82 Å². The summed E-state index contributed by atoms with van der Waals surface area (Å²) in [6, 6.07) is 7.85. The van der Waals surface area contributed by atoms with Gasteiger partial charge < -0.3 is 9.42 Å². The first-order chi connectivity index (χ1) is 11.6. The van der Waals surface area contributed by atoms with Crippen LogP contribution in [-0.2, 0) is 4.79 Å². The second-order valence-corrected chi connectivity index (χ2v) is 7.24. The summed E-state index contributed by atoms with van der Waals surface area (Å²) in [5.74, 6) is 2.15. The Hall–Kier alpha value is -1.88. The molecule has 1 aromatic heterocycles. The van der Waals surface area contributed by atoms with Crippen LogP contribution in [0.15, 0.2) is 28.8 Å². The summed E-state index contributed by atoms with van der Waals surface area (Å²) in [4.78, 5) is 19.2. The van der Waals surface area contributed by atoms with E-state index in [-0.39, 0.29) is 17.7 Å². The number of hydrogen-bond donors (Lipinski definition) is 0. The van der Waals surface area contributed by atoms with Gasteiger partial charge in [-0.2, -0.15) is 4.98 Å². The van der Waals surface area contributed by atoms with Crippen molar-refractivity contribution >= 4 is 17.5 Å². The summed E-state index contributed by atoms with van der Waals surface area (Å²) >= 11 is 6.06. The van der Waals surface area contributed by atoms with Crippen LogP contribution in [0.2, 0.25) is 5.02 Å². The highest BCUT2D eigenvalue weighted by Gasteiger charge is 2.46. The van der Waals surface area contributed by atoms with Crippen LogP contribution < -0.4 is 0 Å². The summed E-state index contributed by atoms with van der Waals surface area (Å²) in [6.07, 6.45) is 2.91. The first-order valence-corrected chi connectivity index (χ1v) is 8.84. The van der Waals surface area contributed by atoms with Gasteiger partial charge in [0.25, 0.3) is 0 Å². The van der Waals surface area contributed by atoms with Crippen molar-refractivity contribution in [3.05, 3.63) is 46.6 Å². The molecule has 0 N–H and O–H groups in total. The fraction of sp³-hybridized carbons (Fsp3) is 0.500. The van der Waals surface area contributed by atoms with E-state index in [9.17, 15) is 4.79 Å². The zero-order valence-corrected chi connectivity index (χ0v) is 14.4. The SMILES string of the molecule is Cc1nc([C@@H]2CCCN(C(=O)[C@@H]3C[C@H]3c3cccc(Cl)c3)C2)no1. The van der Waals surface area contributed by atoms with Crippen LogP contribution in [0.4, 0.5) is 0 Å². The van der Waals surface area contributed by atoms with Gasteiger partial charge in [-0.1, -0.05) is 28.9 Å². The lowest BCUT2D eigenvalue weighted by atomic mass is 9.96. The van der Waals surface area contributed by atoms with Crippen molar-refractivity contribution in [1.82, 2.24) is 15.0 Å². The Morgan fingerprint density at radius 1 is 1.42 bits per heavy atom. The van der Waals surface area contributed by atoms with E-state index in [0.717, 1.165) is 36.7 Å². The maximum atomic E-state index is 12.8. The summed E-state index contributed by atoms with van der Waals surface area (Å²) in [5.41, 5.74) is 1.17. The van der Waals surface area contributed by atoms with E-state index in [2.05, 4.69) is 16.2 Å². The molecule has 0 radical (unpaired) electrons. The topological polar surface area (TPSA) is 59.2 Å². The van der Waals surface area contributed by atoms with E-state index in [1.807, 2.05) is 23.1 Å². The van der Waals surface area contributed by atoms with Gasteiger partial charge >= 0.3 is 0 Å². The molecule has 1 saturated carbocycles. The highest BCUT2D eigenvalue weighted by molar-refractivity contribution is 6.30. The molecule has 126 valence electrons. The van der Waals surface area contributed by atoms with Crippen molar-refractivity contribution in [1.29, 1.82) is 0 Å². The van der Waals surface area contributed by atoms with Gasteiger partial charge in [-0.25, -0.2) is 0 Å². The van der Waals surface area contributed by atoms with E-state index in [1.54, 1.807) is 6.92 Å². The number of hydrogen-bond acceptors (Lipinski definition) is 4. The van der Waals surface area contributed by atoms with Crippen LogP contribution in [-0.4, -0.2) is 34.0 Å². The Morgan fingerprint density at radius 3 is 3.04 bits per heavy atom. The summed E-state index contributed by atoms with van der Waals surface area (Å²) < 4.78 is 5.08. The van der Waals surface area contributed by atoms with Gasteiger partial charge in [0, 0.05) is 36.9 Å². The van der Waals surface area contributed by atoms with Crippen molar-refractivity contribution in [3.63, 3.8) is 0 Å². The molecule has 1 aliphatic heterocycles. The normalized spacial score (nSPS) is 26.4. The average Bonchev–Trinajstić information content (AvgIpc) is 3.28. The molecule has 1 aliphatic carbocycles. The predicted molar refractivity (Wildman–Crippen MR) is 89.9 cm³/mol. The van der Waals surface area contributed by atoms with Crippen molar-refractivity contribution in [2.75, 3.05) is 13.1 Å². The molecule has 6 heteroatoms. The molecule has 2 heterocycles. The Labute approximate surface area is 146 Å². The maximum absolute atomic E-state index is 12.8. The third kappa shape index (κ3) is 3.05. The molecule has 1 aromatic carbocycles. The molecular formula is C18H20ClN3O2. The Balaban J connectivity index is 1.42. The number of carbonyl (C=O) groups excluding carboxylic acids is 1. The second kappa shape index (κ2) is 6.20. The first kappa shape index (κ1) is 15.6. The molecule has 0 spiro atoms. The van der Waals surface area contributed by atoms with Gasteiger partial charge in [0.2, 0.25) is 11.8 Å². The van der Waals surface area contributed by atoms with Gasteiger partial charge in [0.05, 0.1) is 0 Å². The molecule has 5 nitrogen and oxygen atoms in total. The highest BCUT2D eigenvalue weighted by Crippen LogP contribution is 2.49. The van der Waals surface area contributed by atoms with E-state index in [0.29, 0.717) is 18.4 Å². The lowest BCUT2D eigenvalue weighted by Crippen LogP contribution is -2.40. The van der Waals surface area contributed by atoms with Crippen molar-refractivity contribution < 1.29 is 9.32 Å². The molecule has 2 fully saturated rings. The smallest absolute Gasteiger partial charge is 0.226 e. The summed E-state index contributed by atoms with van der Waals surface area (Å²) in [5, 5.41) is 4.76. The van der Waals surface area contributed by atoms with Crippen molar-refractivity contribution in [2.45, 2.75) is 38.0 Å². The van der Waals surface area contributed by atoms with Gasteiger partial charge in [-0.3, -0.25) is 4.79 Å². The van der Waals surface area contributed by atoms with Gasteiger partial charge in [-0.15, -0.1) is 0 Å². The number of benzene rings is 1. The molecule has 24 heavy (non-hydrogen) atoms. The van der Waals surface area contributed by atoms with Crippen molar-refractivity contribution in [3.8, 4) is 0 Å². The molecule has 2 aromatic rings. The number of halogens is 1. The molecule has 3 atom stereocenters. The molecular weight excluding hydrogens is 326 g/mol. The van der Waals surface area contributed by atoms with Crippen LogP contribution in [0.3, 0.4) is 0 Å². The fourth-order valence-corrected chi connectivity index (χ4v) is 3.88. The largest absolute Gasteiger partial charge is 0.342 e. The van der Waals surface area contributed by atoms with Crippen LogP contribution in [0.25, 0.3) is 0 Å². The monoisotopic (exact) mass is 345 g/mol. The van der Waals surface area contributed by atoms with Crippen LogP contribution >= 0.6 is 11.6 Å². The zero-order chi connectivity index (χ0) is 16.7. The Kier molecular flexibility index (Phi) is 4.04. The highest BCUT2D eigenvalue weighted by atomic mass is 35.5. The van der Waals surface area contributed by atoms with Gasteiger partial charge in [0.1, 0.15) is 0 Å². The number of likely N-dealkylation sites (tertiary alicyclic amines) is 1. The average molecular weight is 346 g/mol. The third-order valence-corrected chi connectivity index (χ3v) is 5.26. The third-order valence-electron chi connectivity index (χ3n) is 5.03. The lowest BCUT2D eigenvalue weighted by molar-refractivity contribution is -0.133. The number of nitrogens with zero attached hydrogens (tertiary/aromatic N) is 3. The lowest BCUT2D eigenvalue weighted by Gasteiger charge is -2.31. The quantitative estimate of drug-likeness (QED) is 0.853. The van der Waals surface area contributed by atoms with Crippen LogP contribution in [0.5, 0.6) is 0 Å². The molecule has 0 bridgehead atoms. The van der Waals surface area contributed by atoms with E-state index >= 15 is 0 Å². The molecule has 1 saturated heterocycles. The summed E-state index contributed by atoms with van der Waals surface area (Å²) in [6.45, 7) is 3.31. The minimum Gasteiger partial charge on any atom is -0.342 e. The first-order valence-electron chi connectivity index (χ1n) is 8.46. The fourth-order valence-electron chi connectivity index (χ4n) is 3.68. The Bertz CT molecular complexity index is 760. The molecule has 2 aliphatic rings.